The standard InChI is InChI=1S/C24H24ClN3O4S/c1-18-6-5-7-19(14-18)16-28(33(30,31)22-12-10-21(25)11-13-22)17-24(29)27-26-15-20-8-3-4-9-23(20)32-2/h3-15H,16-17H2,1-2H3,(H,27,29)/b26-15-. The fourth-order valence-electron chi connectivity index (χ4n) is 3.14. The summed E-state index contributed by atoms with van der Waals surface area (Å²) in [7, 11) is -2.43. The quantitative estimate of drug-likeness (QED) is 0.366. The fraction of sp³-hybridized carbons (Fsp3) is 0.167. The Kier molecular flexibility index (Phi) is 8.21. The summed E-state index contributed by atoms with van der Waals surface area (Å²) in [4.78, 5) is 12.7. The van der Waals surface area contributed by atoms with E-state index in [2.05, 4.69) is 10.5 Å². The smallest absolute Gasteiger partial charge is 0.255 e. The molecule has 0 spiro atoms. The van der Waals surface area contributed by atoms with Crippen molar-refractivity contribution in [1.29, 1.82) is 0 Å². The Labute approximate surface area is 198 Å². The number of carbonyl (C=O) groups is 1. The molecule has 0 aliphatic heterocycles. The molecule has 0 bridgehead atoms. The Morgan fingerprint density at radius 2 is 1.82 bits per heavy atom. The molecule has 3 aromatic rings. The normalized spacial score (nSPS) is 11.6. The van der Waals surface area contributed by atoms with Gasteiger partial charge in [-0.25, -0.2) is 13.8 Å². The van der Waals surface area contributed by atoms with Crippen LogP contribution in [0.2, 0.25) is 5.02 Å². The van der Waals surface area contributed by atoms with Gasteiger partial charge in [0.05, 0.1) is 24.8 Å². The molecule has 0 aliphatic rings. The number of nitrogens with one attached hydrogen (secondary N) is 1. The Hall–Kier alpha value is -3.20. The lowest BCUT2D eigenvalue weighted by molar-refractivity contribution is -0.121. The molecule has 9 heteroatoms. The number of methoxy groups -OCH3 is 1. The maximum absolute atomic E-state index is 13.3. The number of benzene rings is 3. The fourth-order valence-corrected chi connectivity index (χ4v) is 4.65. The van der Waals surface area contributed by atoms with Crippen molar-refractivity contribution in [3.05, 3.63) is 94.5 Å². The van der Waals surface area contributed by atoms with Crippen molar-refractivity contribution in [2.24, 2.45) is 5.10 Å². The molecule has 3 aromatic carbocycles. The summed E-state index contributed by atoms with van der Waals surface area (Å²) >= 11 is 5.90. The van der Waals surface area contributed by atoms with Gasteiger partial charge < -0.3 is 4.74 Å². The number of carbonyl (C=O) groups excluding carboxylic acids is 1. The van der Waals surface area contributed by atoms with Gasteiger partial charge in [-0.3, -0.25) is 4.79 Å². The van der Waals surface area contributed by atoms with Crippen molar-refractivity contribution in [2.45, 2.75) is 18.4 Å². The number of amides is 1. The summed E-state index contributed by atoms with van der Waals surface area (Å²) < 4.78 is 32.9. The number of para-hydroxylation sites is 1. The van der Waals surface area contributed by atoms with Gasteiger partial charge in [-0.05, 0) is 48.9 Å². The highest BCUT2D eigenvalue weighted by Gasteiger charge is 2.27. The zero-order valence-corrected chi connectivity index (χ0v) is 19.8. The van der Waals surface area contributed by atoms with Crippen molar-refractivity contribution in [3.8, 4) is 5.75 Å². The van der Waals surface area contributed by atoms with Crippen molar-refractivity contribution in [2.75, 3.05) is 13.7 Å². The van der Waals surface area contributed by atoms with E-state index in [-0.39, 0.29) is 11.4 Å². The second kappa shape index (κ2) is 11.1. The van der Waals surface area contributed by atoms with Gasteiger partial charge in [0.2, 0.25) is 10.0 Å². The van der Waals surface area contributed by atoms with Gasteiger partial charge >= 0.3 is 0 Å². The van der Waals surface area contributed by atoms with Crippen molar-refractivity contribution < 1.29 is 17.9 Å². The first-order valence-electron chi connectivity index (χ1n) is 10.1. The third-order valence-electron chi connectivity index (χ3n) is 4.74. The van der Waals surface area contributed by atoms with Crippen LogP contribution in [0.4, 0.5) is 0 Å². The van der Waals surface area contributed by atoms with Gasteiger partial charge in [-0.2, -0.15) is 9.41 Å². The molecular weight excluding hydrogens is 462 g/mol. The largest absolute Gasteiger partial charge is 0.496 e. The van der Waals surface area contributed by atoms with Crippen LogP contribution in [-0.2, 0) is 21.4 Å². The molecule has 0 unspecified atom stereocenters. The second-order valence-corrected chi connectivity index (χ2v) is 9.63. The number of hydrogen-bond donors (Lipinski definition) is 1. The van der Waals surface area contributed by atoms with Crippen molar-refractivity contribution in [1.82, 2.24) is 9.73 Å². The van der Waals surface area contributed by atoms with E-state index in [0.29, 0.717) is 16.3 Å². The van der Waals surface area contributed by atoms with E-state index in [4.69, 9.17) is 16.3 Å². The Bertz CT molecular complexity index is 1240. The van der Waals surface area contributed by atoms with Crippen LogP contribution in [0.5, 0.6) is 5.75 Å². The van der Waals surface area contributed by atoms with E-state index in [0.717, 1.165) is 15.4 Å². The lowest BCUT2D eigenvalue weighted by atomic mass is 10.1. The van der Waals surface area contributed by atoms with Crippen LogP contribution >= 0.6 is 11.6 Å². The van der Waals surface area contributed by atoms with Crippen LogP contribution in [0.1, 0.15) is 16.7 Å². The molecule has 0 saturated heterocycles. The first kappa shape index (κ1) is 24.4. The maximum atomic E-state index is 13.3. The molecule has 33 heavy (non-hydrogen) atoms. The predicted octanol–water partition coefficient (Wildman–Crippen LogP) is 4.00. The van der Waals surface area contributed by atoms with E-state index in [9.17, 15) is 13.2 Å². The van der Waals surface area contributed by atoms with Gasteiger partial charge in [-0.1, -0.05) is 53.6 Å². The molecule has 3 rings (SSSR count). The summed E-state index contributed by atoms with van der Waals surface area (Å²) in [6.45, 7) is 1.53. The number of hydrogen-bond acceptors (Lipinski definition) is 5. The molecule has 0 saturated carbocycles. The Morgan fingerprint density at radius 3 is 2.52 bits per heavy atom. The molecule has 0 fully saturated rings. The lowest BCUT2D eigenvalue weighted by Gasteiger charge is -2.21. The number of rotatable bonds is 9. The third-order valence-corrected chi connectivity index (χ3v) is 6.80. The lowest BCUT2D eigenvalue weighted by Crippen LogP contribution is -2.39. The van der Waals surface area contributed by atoms with Gasteiger partial charge in [-0.15, -0.1) is 0 Å². The van der Waals surface area contributed by atoms with E-state index < -0.39 is 22.5 Å². The number of aryl methyl sites for hydroxylation is 1. The molecule has 0 atom stereocenters. The van der Waals surface area contributed by atoms with E-state index in [1.54, 1.807) is 12.1 Å². The molecule has 1 amide bonds. The molecule has 7 nitrogen and oxygen atoms in total. The number of sulfonamides is 1. The molecular formula is C24H24ClN3O4S. The van der Waals surface area contributed by atoms with Crippen LogP contribution in [0.3, 0.4) is 0 Å². The highest BCUT2D eigenvalue weighted by Crippen LogP contribution is 2.21. The predicted molar refractivity (Wildman–Crippen MR) is 129 cm³/mol. The molecule has 1 N–H and O–H groups in total. The topological polar surface area (TPSA) is 88.1 Å². The minimum Gasteiger partial charge on any atom is -0.496 e. The van der Waals surface area contributed by atoms with Crippen LogP contribution < -0.4 is 10.2 Å². The van der Waals surface area contributed by atoms with Crippen molar-refractivity contribution >= 4 is 33.7 Å². The van der Waals surface area contributed by atoms with Crippen LogP contribution in [-0.4, -0.2) is 38.5 Å². The van der Waals surface area contributed by atoms with E-state index in [1.807, 2.05) is 43.3 Å². The summed E-state index contributed by atoms with van der Waals surface area (Å²) in [5.74, 6) is 0.0215. The second-order valence-electron chi connectivity index (χ2n) is 7.25. The average molecular weight is 486 g/mol. The summed E-state index contributed by atoms with van der Waals surface area (Å²) in [6.07, 6.45) is 1.44. The number of ether oxygens (including phenoxy) is 1. The van der Waals surface area contributed by atoms with Gasteiger partial charge in [0, 0.05) is 17.1 Å². The van der Waals surface area contributed by atoms with Gasteiger partial charge in [0.25, 0.3) is 5.91 Å². The zero-order chi connectivity index (χ0) is 23.8. The van der Waals surface area contributed by atoms with Crippen LogP contribution in [0.25, 0.3) is 0 Å². The monoisotopic (exact) mass is 485 g/mol. The van der Waals surface area contributed by atoms with Crippen LogP contribution in [0.15, 0.2) is 82.8 Å². The summed E-state index contributed by atoms with van der Waals surface area (Å²) in [5, 5.41) is 4.37. The number of nitrogens with zero attached hydrogens (tertiary/aromatic N) is 2. The Morgan fingerprint density at radius 1 is 1.09 bits per heavy atom. The van der Waals surface area contributed by atoms with Crippen LogP contribution in [0, 0.1) is 6.92 Å². The molecule has 0 aromatic heterocycles. The summed E-state index contributed by atoms with van der Waals surface area (Å²) in [5.41, 5.74) is 4.81. The van der Waals surface area contributed by atoms with Crippen molar-refractivity contribution in [3.63, 3.8) is 0 Å². The molecule has 172 valence electrons. The summed E-state index contributed by atoms with van der Waals surface area (Å²) in [6, 6.07) is 20.5. The number of hydrazone groups is 1. The minimum atomic E-state index is -3.97. The van der Waals surface area contributed by atoms with Gasteiger partial charge in [0.1, 0.15) is 5.75 Å². The van der Waals surface area contributed by atoms with E-state index >= 15 is 0 Å². The molecule has 0 heterocycles. The van der Waals surface area contributed by atoms with E-state index in [1.165, 1.54) is 37.6 Å². The highest BCUT2D eigenvalue weighted by atomic mass is 35.5. The number of halogens is 1. The first-order chi connectivity index (χ1) is 15.8. The Balaban J connectivity index is 1.80. The molecule has 0 radical (unpaired) electrons. The zero-order valence-electron chi connectivity index (χ0n) is 18.2. The van der Waals surface area contributed by atoms with Gasteiger partial charge in [0.15, 0.2) is 0 Å². The molecule has 0 aliphatic carbocycles. The SMILES string of the molecule is COc1ccccc1/C=N\NC(=O)CN(Cc1cccc(C)c1)S(=O)(=O)c1ccc(Cl)cc1. The third kappa shape index (κ3) is 6.64. The average Bonchev–Trinajstić information content (AvgIpc) is 2.79. The highest BCUT2D eigenvalue weighted by molar-refractivity contribution is 7.89. The first-order valence-corrected chi connectivity index (χ1v) is 11.9. The maximum Gasteiger partial charge on any atom is 0.255 e. The minimum absolute atomic E-state index is 0.0241.